The van der Waals surface area contributed by atoms with E-state index in [0.717, 1.165) is 45.0 Å². The number of aromatic nitrogens is 2. The molecule has 15 heteroatoms. The first kappa shape index (κ1) is 40.6. The third-order valence-electron chi connectivity index (χ3n) is 9.41. The number of thiazole rings is 2. The van der Waals surface area contributed by atoms with Crippen molar-refractivity contribution in [3.05, 3.63) is 95.1 Å². The van der Waals surface area contributed by atoms with Crippen LogP contribution in [0.3, 0.4) is 0 Å². The Kier molecular flexibility index (Phi) is 14.0. The van der Waals surface area contributed by atoms with Crippen molar-refractivity contribution in [2.45, 2.75) is 48.6 Å². The Morgan fingerprint density at radius 1 is 0.528 bits per heavy atom. The van der Waals surface area contributed by atoms with Crippen LogP contribution in [0.15, 0.2) is 82.6 Å². The van der Waals surface area contributed by atoms with Gasteiger partial charge < -0.3 is 26.6 Å². The predicted octanol–water partition coefficient (Wildman–Crippen LogP) is 11.1. The van der Waals surface area contributed by atoms with E-state index in [2.05, 4.69) is 74.5 Å². The number of fused-ring (bicyclic) bond motifs is 2. The molecule has 0 saturated carbocycles. The van der Waals surface area contributed by atoms with Gasteiger partial charge >= 0.3 is 17.6 Å². The van der Waals surface area contributed by atoms with Crippen molar-refractivity contribution in [3.8, 4) is 21.1 Å². The quantitative estimate of drug-likeness (QED) is 0.0613. The molecular formula is C38H44N2O6S5Si2. The summed E-state index contributed by atoms with van der Waals surface area (Å²) in [5.74, 6) is 0. The number of rotatable bonds is 18. The summed E-state index contributed by atoms with van der Waals surface area (Å²) in [7, 11) is 9.70. The summed E-state index contributed by atoms with van der Waals surface area (Å²) in [5.41, 5.74) is 9.11. The first-order chi connectivity index (χ1) is 25.7. The number of benzene rings is 4. The maximum Gasteiger partial charge on any atom is 0.500 e. The van der Waals surface area contributed by atoms with E-state index in [1.54, 1.807) is 96.7 Å². The maximum absolute atomic E-state index is 5.83. The van der Waals surface area contributed by atoms with Crippen LogP contribution in [0.1, 0.15) is 22.3 Å². The van der Waals surface area contributed by atoms with Gasteiger partial charge in [-0.25, -0.2) is 9.97 Å². The molecule has 6 rings (SSSR count). The number of nitrogens with zero attached hydrogens (tertiary/aromatic N) is 2. The number of para-hydroxylation sites is 2. The molecule has 0 N–H and O–H groups in total. The normalized spacial score (nSPS) is 12.4. The molecule has 0 saturated heterocycles. The Morgan fingerprint density at radius 3 is 1.26 bits per heavy atom. The highest BCUT2D eigenvalue weighted by atomic mass is 33.5. The van der Waals surface area contributed by atoms with Gasteiger partial charge in [-0.2, -0.15) is 0 Å². The van der Waals surface area contributed by atoms with E-state index >= 15 is 0 Å². The number of aryl methyl sites for hydroxylation is 4. The molecule has 4 aromatic carbocycles. The van der Waals surface area contributed by atoms with E-state index in [9.17, 15) is 0 Å². The lowest BCUT2D eigenvalue weighted by Crippen LogP contribution is -2.43. The molecule has 0 amide bonds. The van der Waals surface area contributed by atoms with Crippen LogP contribution >= 0.6 is 54.1 Å². The topological polar surface area (TPSA) is 81.2 Å². The van der Waals surface area contributed by atoms with Crippen LogP contribution in [0, 0.1) is 13.8 Å². The summed E-state index contributed by atoms with van der Waals surface area (Å²) in [6.07, 6.45) is 1.47. The molecule has 0 bridgehead atoms. The zero-order chi connectivity index (χ0) is 37.6. The van der Waals surface area contributed by atoms with Gasteiger partial charge in [0.2, 0.25) is 0 Å². The highest BCUT2D eigenvalue weighted by Gasteiger charge is 2.39. The minimum atomic E-state index is -2.82. The molecule has 6 aromatic rings. The van der Waals surface area contributed by atoms with Gasteiger partial charge in [-0.05, 0) is 105 Å². The summed E-state index contributed by atoms with van der Waals surface area (Å²) in [5, 5.41) is 2.03. The third kappa shape index (κ3) is 8.83. The smallest absolute Gasteiger partial charge is 0.377 e. The minimum absolute atomic E-state index is 0.651. The molecule has 2 heterocycles. The second-order valence-electron chi connectivity index (χ2n) is 12.3. The van der Waals surface area contributed by atoms with Crippen LogP contribution in [0.5, 0.6) is 0 Å². The summed E-state index contributed by atoms with van der Waals surface area (Å²) in [4.78, 5) is 12.6. The van der Waals surface area contributed by atoms with Crippen LogP contribution in [0.4, 0.5) is 0 Å². The van der Waals surface area contributed by atoms with Crippen molar-refractivity contribution in [2.75, 3.05) is 42.7 Å². The molecule has 0 unspecified atom stereocenters. The lowest BCUT2D eigenvalue weighted by molar-refractivity contribution is 0.123. The number of hydrogen-bond donors (Lipinski definition) is 0. The van der Waals surface area contributed by atoms with Crippen LogP contribution in [0.25, 0.3) is 41.6 Å². The van der Waals surface area contributed by atoms with Gasteiger partial charge in [0.1, 0.15) is 10.0 Å². The average Bonchev–Trinajstić information content (AvgIpc) is 3.82. The predicted molar refractivity (Wildman–Crippen MR) is 229 cm³/mol. The SMILES string of the molecule is CO[Si](CCc1ccc(C)c(-c2nc3ccccc3s2)c1SSSc1c(CC[Si](OC)(OC)OC)ccc(C)c1-c1nc2ccccc2s1)(OC)OC. The molecule has 0 fully saturated rings. The first-order valence-electron chi connectivity index (χ1n) is 17.0. The van der Waals surface area contributed by atoms with Gasteiger partial charge in [-0.3, -0.25) is 0 Å². The zero-order valence-corrected chi connectivity index (χ0v) is 37.2. The Balaban J connectivity index is 1.41. The lowest BCUT2D eigenvalue weighted by atomic mass is 10.0. The van der Waals surface area contributed by atoms with E-state index in [0.29, 0.717) is 12.1 Å². The fourth-order valence-electron chi connectivity index (χ4n) is 6.30. The summed E-state index contributed by atoms with van der Waals surface area (Å²) < 4.78 is 37.3. The van der Waals surface area contributed by atoms with E-state index in [1.807, 2.05) is 12.1 Å². The highest BCUT2D eigenvalue weighted by Crippen LogP contribution is 2.54. The van der Waals surface area contributed by atoms with Crippen LogP contribution in [-0.2, 0) is 39.4 Å². The maximum atomic E-state index is 5.83. The van der Waals surface area contributed by atoms with Crippen molar-refractivity contribution >= 4 is 92.1 Å². The molecule has 0 aliphatic rings. The summed E-state index contributed by atoms with van der Waals surface area (Å²) in [6.45, 7) is 4.35. The molecule has 0 radical (unpaired) electrons. The second kappa shape index (κ2) is 18.2. The van der Waals surface area contributed by atoms with Crippen molar-refractivity contribution in [1.29, 1.82) is 0 Å². The van der Waals surface area contributed by atoms with E-state index in [-0.39, 0.29) is 0 Å². The fraction of sp³-hybridized carbons (Fsp3) is 0.316. The van der Waals surface area contributed by atoms with Gasteiger partial charge in [0, 0.05) is 75.7 Å². The molecule has 280 valence electrons. The van der Waals surface area contributed by atoms with Crippen molar-refractivity contribution in [3.63, 3.8) is 0 Å². The first-order valence-corrected chi connectivity index (χ1v) is 26.0. The third-order valence-corrected chi connectivity index (χ3v) is 21.0. The average molecular weight is 841 g/mol. The molecule has 8 nitrogen and oxygen atoms in total. The van der Waals surface area contributed by atoms with Gasteiger partial charge in [0.05, 0.1) is 20.4 Å². The zero-order valence-electron chi connectivity index (χ0n) is 31.1. The largest absolute Gasteiger partial charge is 0.500 e. The Morgan fingerprint density at radius 2 is 0.906 bits per heavy atom. The van der Waals surface area contributed by atoms with Gasteiger partial charge in [0.15, 0.2) is 0 Å². The summed E-state index contributed by atoms with van der Waals surface area (Å²) >= 11 is 3.46. The number of hydrogen-bond acceptors (Lipinski definition) is 13. The molecule has 53 heavy (non-hydrogen) atoms. The Labute approximate surface area is 333 Å². The molecule has 0 atom stereocenters. The monoisotopic (exact) mass is 840 g/mol. The van der Waals surface area contributed by atoms with Gasteiger partial charge in [-0.15, -0.1) is 22.7 Å². The molecule has 0 aliphatic carbocycles. The van der Waals surface area contributed by atoms with Crippen molar-refractivity contribution in [1.82, 2.24) is 9.97 Å². The van der Waals surface area contributed by atoms with Crippen LogP contribution < -0.4 is 0 Å². The molecule has 2 aromatic heterocycles. The standard InChI is InChI=1S/C38H44N2O6S5Si2/c1-25-17-19-27(21-23-52(41-3,42-4)43-5)35(33(25)37-39-29-13-9-11-15-31(29)47-37)49-51-50-36-28(22-24-53(44-6,45-7)46-8)20-18-26(2)34(36)38-40-30-14-10-12-16-32(30)48-38/h9-20H,21-24H2,1-8H3. The lowest BCUT2D eigenvalue weighted by Gasteiger charge is -2.25. The van der Waals surface area contributed by atoms with Gasteiger partial charge in [-0.1, -0.05) is 48.5 Å². The second-order valence-corrected chi connectivity index (χ2v) is 24.5. The molecule has 0 spiro atoms. The Hall–Kier alpha value is -2.10. The Bertz CT molecular complexity index is 1940. The van der Waals surface area contributed by atoms with Crippen molar-refractivity contribution < 1.29 is 26.6 Å². The summed E-state index contributed by atoms with van der Waals surface area (Å²) in [6, 6.07) is 26.8. The molecular weight excluding hydrogens is 797 g/mol. The van der Waals surface area contributed by atoms with E-state index in [1.165, 1.54) is 41.4 Å². The van der Waals surface area contributed by atoms with Crippen molar-refractivity contribution in [2.24, 2.45) is 0 Å². The fourth-order valence-corrected chi connectivity index (χ4v) is 16.6. The highest BCUT2D eigenvalue weighted by molar-refractivity contribution is 9.09. The van der Waals surface area contributed by atoms with Crippen LogP contribution in [-0.4, -0.2) is 70.2 Å². The van der Waals surface area contributed by atoms with Crippen LogP contribution in [0.2, 0.25) is 12.1 Å². The minimum Gasteiger partial charge on any atom is -0.377 e. The van der Waals surface area contributed by atoms with E-state index in [4.69, 9.17) is 36.5 Å². The molecule has 0 aliphatic heterocycles. The van der Waals surface area contributed by atoms with E-state index < -0.39 is 17.6 Å². The van der Waals surface area contributed by atoms with Gasteiger partial charge in [0.25, 0.3) is 0 Å².